The Morgan fingerprint density at radius 2 is 1.76 bits per heavy atom. The summed E-state index contributed by atoms with van der Waals surface area (Å²) in [5.74, 6) is 1.52. The Labute approximate surface area is 271 Å². The smallest absolute Gasteiger partial charge is 0.189 e. The van der Waals surface area contributed by atoms with E-state index in [9.17, 15) is 20.3 Å². The molecule has 45 heavy (non-hydrogen) atoms. The third-order valence-corrected chi connectivity index (χ3v) is 14.4. The predicted octanol–water partition coefficient (Wildman–Crippen LogP) is 7.14. The van der Waals surface area contributed by atoms with E-state index in [1.807, 2.05) is 44.2 Å². The fraction of sp³-hybridized carbons (Fsp3) is 0.553. The number of allylic oxidation sites excluding steroid dienone is 4. The molecule has 6 aliphatic rings. The van der Waals surface area contributed by atoms with Crippen LogP contribution in [-0.2, 0) is 0 Å². The summed E-state index contributed by atoms with van der Waals surface area (Å²) < 4.78 is 5.38. The Bertz CT molecular complexity index is 1680. The first-order valence-electron chi connectivity index (χ1n) is 16.4. The molecular weight excluding hydrogens is 580 g/mol. The molecule has 2 spiro atoms. The number of benzene rings is 1. The van der Waals surface area contributed by atoms with Crippen LogP contribution < -0.4 is 4.74 Å². The zero-order valence-electron chi connectivity index (χ0n) is 27.0. The lowest BCUT2D eigenvalue weighted by atomic mass is 9.32. The number of carbonyl (C=O) groups is 1. The van der Waals surface area contributed by atoms with E-state index in [2.05, 4.69) is 38.1 Å². The van der Waals surface area contributed by atoms with E-state index < -0.39 is 16.4 Å². The van der Waals surface area contributed by atoms with Crippen LogP contribution in [0.15, 0.2) is 59.2 Å². The molecule has 7 heteroatoms. The van der Waals surface area contributed by atoms with Crippen molar-refractivity contribution < 1.29 is 19.7 Å². The molecular formula is C38H44N2O4S. The third kappa shape index (κ3) is 4.08. The number of hydrogen-bond acceptors (Lipinski definition) is 7. The first-order chi connectivity index (χ1) is 21.4. The number of hydrogen-bond donors (Lipinski definition) is 2. The van der Waals surface area contributed by atoms with Crippen molar-refractivity contribution >= 4 is 17.5 Å². The number of thioether (sulfide) groups is 1. The van der Waals surface area contributed by atoms with Gasteiger partial charge in [-0.15, -0.1) is 11.8 Å². The van der Waals surface area contributed by atoms with Gasteiger partial charge >= 0.3 is 0 Å². The Hall–Kier alpha value is -2.92. The minimum atomic E-state index is -0.980. The number of aryl methyl sites for hydroxylation is 2. The second-order valence-electron chi connectivity index (χ2n) is 15.0. The van der Waals surface area contributed by atoms with Gasteiger partial charge in [-0.25, -0.2) is 4.98 Å². The van der Waals surface area contributed by atoms with E-state index >= 15 is 0 Å². The van der Waals surface area contributed by atoms with E-state index in [-0.39, 0.29) is 34.6 Å². The Morgan fingerprint density at radius 3 is 2.47 bits per heavy atom. The largest absolute Gasteiger partial charge is 0.497 e. The number of aliphatic hydroxyl groups excluding tert-OH is 1. The fourth-order valence-corrected chi connectivity index (χ4v) is 12.1. The third-order valence-electron chi connectivity index (χ3n) is 13.2. The van der Waals surface area contributed by atoms with Crippen molar-refractivity contribution in [3.63, 3.8) is 0 Å². The summed E-state index contributed by atoms with van der Waals surface area (Å²) in [6.07, 6.45) is 12.1. The number of methoxy groups -OCH3 is 1. The van der Waals surface area contributed by atoms with Crippen LogP contribution in [0.3, 0.4) is 0 Å². The molecule has 236 valence electrons. The van der Waals surface area contributed by atoms with Crippen molar-refractivity contribution in [2.24, 2.45) is 33.5 Å². The monoisotopic (exact) mass is 624 g/mol. The molecule has 1 aromatic carbocycles. The van der Waals surface area contributed by atoms with Crippen LogP contribution in [0.2, 0.25) is 0 Å². The highest BCUT2D eigenvalue weighted by atomic mass is 32.2. The summed E-state index contributed by atoms with van der Waals surface area (Å²) in [7, 11) is 1.63. The van der Waals surface area contributed by atoms with Gasteiger partial charge < -0.3 is 14.9 Å². The number of rotatable bonds is 6. The minimum absolute atomic E-state index is 0.0423. The van der Waals surface area contributed by atoms with Crippen molar-refractivity contribution in [2.75, 3.05) is 12.9 Å². The van der Waals surface area contributed by atoms with Crippen molar-refractivity contribution in [2.45, 2.75) is 89.4 Å². The Balaban J connectivity index is 1.31. The first kappa shape index (κ1) is 30.7. The van der Waals surface area contributed by atoms with Gasteiger partial charge in [0.05, 0.1) is 24.4 Å². The summed E-state index contributed by atoms with van der Waals surface area (Å²) in [6, 6.07) is 11.7. The molecule has 8 atom stereocenters. The average molecular weight is 625 g/mol. The lowest BCUT2D eigenvalue weighted by molar-refractivity contribution is -0.166. The molecule has 1 heterocycles. The standard InChI is InChI=1S/C38H44N2O4S/c1-23-18-24(2)40-33(28(23)21-39)45-22-37(43)15-12-31-35(37,4)14-11-30-34(3)13-10-26(41)19-36(34)16-17-38(30,31)29(20-36)32(42)25-6-8-27(44-5)9-7-25/h6-9,16-18,20,26,30-31,41,43H,10-15,19,22H2,1-5H3. The first-order valence-corrected chi connectivity index (χ1v) is 17.4. The lowest BCUT2D eigenvalue weighted by Gasteiger charge is -2.71. The van der Waals surface area contributed by atoms with E-state index in [1.54, 1.807) is 7.11 Å². The average Bonchev–Trinajstić information content (AvgIpc) is 3.30. The number of aliphatic hydroxyl groups is 2. The molecule has 6 aliphatic carbocycles. The maximum absolute atomic E-state index is 14.7. The quantitative estimate of drug-likeness (QED) is 0.200. The van der Waals surface area contributed by atoms with Crippen molar-refractivity contribution in [1.29, 1.82) is 5.26 Å². The number of nitrogens with zero attached hydrogens (tertiary/aromatic N) is 2. The molecule has 6 nitrogen and oxygen atoms in total. The molecule has 8 rings (SSSR count). The second-order valence-corrected chi connectivity index (χ2v) is 16.0. The molecule has 0 radical (unpaired) electrons. The number of pyridine rings is 1. The Morgan fingerprint density at radius 1 is 1.07 bits per heavy atom. The number of Topliss-reactive ketones (excluding diaryl/α,β-unsaturated/α-hetero) is 1. The SMILES string of the molecule is COc1ccc(C(=O)C2=CC34C=CC25C(CCC2(C)C5CCC2(O)CSc2nc(C)cc(C)c2C#N)C3(C)CCC(O)C4)cc1. The summed E-state index contributed by atoms with van der Waals surface area (Å²) in [5, 5.41) is 34.2. The van der Waals surface area contributed by atoms with Crippen molar-refractivity contribution in [3.8, 4) is 11.8 Å². The van der Waals surface area contributed by atoms with Gasteiger partial charge in [-0.05, 0) is 112 Å². The molecule has 1 aromatic heterocycles. The van der Waals surface area contributed by atoms with Gasteiger partial charge in [-0.1, -0.05) is 32.1 Å². The summed E-state index contributed by atoms with van der Waals surface area (Å²) in [5.41, 5.74) is 1.48. The molecule has 3 saturated carbocycles. The van der Waals surface area contributed by atoms with Gasteiger partial charge in [0.2, 0.25) is 0 Å². The number of fused-ring (bicyclic) bond motifs is 1. The van der Waals surface area contributed by atoms with E-state index in [4.69, 9.17) is 9.72 Å². The van der Waals surface area contributed by atoms with E-state index in [1.165, 1.54) is 11.8 Å². The van der Waals surface area contributed by atoms with Crippen molar-refractivity contribution in [3.05, 3.63) is 76.5 Å². The molecule has 0 aliphatic heterocycles. The highest BCUT2D eigenvalue weighted by molar-refractivity contribution is 7.99. The normalized spacial score (nSPS) is 39.3. The molecule has 2 N–H and O–H groups in total. The van der Waals surface area contributed by atoms with Gasteiger partial charge in [0, 0.05) is 38.8 Å². The van der Waals surface area contributed by atoms with Crippen LogP contribution in [0.4, 0.5) is 0 Å². The van der Waals surface area contributed by atoms with Crippen LogP contribution in [0.1, 0.15) is 86.0 Å². The van der Waals surface area contributed by atoms with Gasteiger partial charge in [0.1, 0.15) is 16.8 Å². The van der Waals surface area contributed by atoms with E-state index in [0.717, 1.165) is 48.9 Å². The zero-order valence-corrected chi connectivity index (χ0v) is 27.8. The maximum Gasteiger partial charge on any atom is 0.189 e. The number of nitriles is 1. The highest BCUT2D eigenvalue weighted by Gasteiger charge is 2.74. The molecule has 0 saturated heterocycles. The molecule has 0 amide bonds. The number of carbonyl (C=O) groups excluding carboxylic acids is 1. The summed E-state index contributed by atoms with van der Waals surface area (Å²) in [6.45, 7) is 8.54. The van der Waals surface area contributed by atoms with Gasteiger partial charge in [0.15, 0.2) is 5.78 Å². The number of aromatic nitrogens is 1. The molecule has 2 aromatic rings. The topological polar surface area (TPSA) is 103 Å². The van der Waals surface area contributed by atoms with Crippen LogP contribution in [0, 0.1) is 58.7 Å². The minimum Gasteiger partial charge on any atom is -0.497 e. The second kappa shape index (κ2) is 10.3. The van der Waals surface area contributed by atoms with E-state index in [0.29, 0.717) is 40.5 Å². The van der Waals surface area contributed by atoms with Gasteiger partial charge in [-0.2, -0.15) is 5.26 Å². The highest BCUT2D eigenvalue weighted by Crippen LogP contribution is 2.78. The lowest BCUT2D eigenvalue weighted by Crippen LogP contribution is -2.67. The predicted molar refractivity (Wildman–Crippen MR) is 175 cm³/mol. The van der Waals surface area contributed by atoms with Crippen LogP contribution in [0.5, 0.6) is 5.75 Å². The molecule has 3 fully saturated rings. The summed E-state index contributed by atoms with van der Waals surface area (Å²) in [4.78, 5) is 19.4. The zero-order chi connectivity index (χ0) is 32.0. The van der Waals surface area contributed by atoms with Gasteiger partial charge in [0.25, 0.3) is 0 Å². The van der Waals surface area contributed by atoms with Crippen LogP contribution >= 0.6 is 11.8 Å². The van der Waals surface area contributed by atoms with Crippen molar-refractivity contribution in [1.82, 2.24) is 4.98 Å². The number of ether oxygens (including phenoxy) is 1. The summed E-state index contributed by atoms with van der Waals surface area (Å²) >= 11 is 1.50. The molecule has 2 bridgehead atoms. The van der Waals surface area contributed by atoms with Crippen LogP contribution in [0.25, 0.3) is 0 Å². The molecule has 8 unspecified atom stereocenters. The number of ketones is 1. The maximum atomic E-state index is 14.7. The van der Waals surface area contributed by atoms with Gasteiger partial charge in [-0.3, -0.25) is 4.79 Å². The fourth-order valence-electron chi connectivity index (χ4n) is 10.7. The Kier molecular flexibility index (Phi) is 7.02. The van der Waals surface area contributed by atoms with Crippen LogP contribution in [-0.4, -0.2) is 45.5 Å².